The smallest absolute Gasteiger partial charge is 0.264 e. The lowest BCUT2D eigenvalue weighted by Gasteiger charge is -2.24. The third-order valence-electron chi connectivity index (χ3n) is 6.17. The molecule has 0 radical (unpaired) electrons. The number of sulfonamides is 1. The van der Waals surface area contributed by atoms with E-state index < -0.39 is 22.5 Å². The average Bonchev–Trinajstić information content (AvgIpc) is 3.16. The number of carbonyl (C=O) groups excluding carboxylic acids is 1. The Hall–Kier alpha value is -3.88. The van der Waals surface area contributed by atoms with Crippen LogP contribution in [0.2, 0.25) is 5.02 Å². The molecular formula is C29H29ClN4O3S. The molecule has 3 aromatic carbocycles. The molecule has 196 valence electrons. The summed E-state index contributed by atoms with van der Waals surface area (Å²) in [4.78, 5) is 13.0. The summed E-state index contributed by atoms with van der Waals surface area (Å²) in [6, 6.07) is 23.0. The Labute approximate surface area is 228 Å². The van der Waals surface area contributed by atoms with Crippen LogP contribution in [0.5, 0.6) is 0 Å². The predicted octanol–water partition coefficient (Wildman–Crippen LogP) is 5.71. The second kappa shape index (κ2) is 11.2. The third-order valence-corrected chi connectivity index (χ3v) is 8.21. The normalized spacial score (nSPS) is 11.6. The number of rotatable bonds is 8. The van der Waals surface area contributed by atoms with Crippen molar-refractivity contribution in [3.63, 3.8) is 0 Å². The Bertz CT molecular complexity index is 1570. The number of benzene rings is 3. The number of hydrogen-bond acceptors (Lipinski definition) is 4. The highest BCUT2D eigenvalue weighted by molar-refractivity contribution is 7.92. The molecule has 0 saturated carbocycles. The summed E-state index contributed by atoms with van der Waals surface area (Å²) in [6.45, 7) is 7.30. The zero-order valence-corrected chi connectivity index (χ0v) is 23.2. The number of carbonyl (C=O) groups is 1. The van der Waals surface area contributed by atoms with E-state index in [1.54, 1.807) is 54.7 Å². The molecule has 1 heterocycles. The number of aromatic nitrogens is 1. The topological polar surface area (TPSA) is 83.8 Å². The molecule has 1 N–H and O–H groups in total. The molecule has 9 heteroatoms. The first kappa shape index (κ1) is 27.2. The van der Waals surface area contributed by atoms with E-state index in [4.69, 9.17) is 11.6 Å². The number of aryl methyl sites for hydroxylation is 3. The van der Waals surface area contributed by atoms with Gasteiger partial charge in [-0.25, -0.2) is 13.8 Å². The summed E-state index contributed by atoms with van der Waals surface area (Å²) < 4.78 is 30.1. The molecule has 7 nitrogen and oxygen atoms in total. The van der Waals surface area contributed by atoms with E-state index in [2.05, 4.69) is 15.1 Å². The van der Waals surface area contributed by atoms with Crippen LogP contribution < -0.4 is 9.73 Å². The van der Waals surface area contributed by atoms with Crippen molar-refractivity contribution in [3.8, 4) is 5.69 Å². The van der Waals surface area contributed by atoms with Gasteiger partial charge < -0.3 is 4.57 Å². The minimum atomic E-state index is -3.99. The van der Waals surface area contributed by atoms with Gasteiger partial charge in [-0.15, -0.1) is 0 Å². The zero-order chi connectivity index (χ0) is 27.4. The van der Waals surface area contributed by atoms with E-state index >= 15 is 0 Å². The maximum absolute atomic E-state index is 13.5. The molecule has 0 fully saturated rings. The number of halogens is 1. The minimum absolute atomic E-state index is 0.106. The number of hydrogen-bond donors (Lipinski definition) is 1. The quantitative estimate of drug-likeness (QED) is 0.226. The molecule has 0 aliphatic heterocycles. The van der Waals surface area contributed by atoms with E-state index in [-0.39, 0.29) is 4.90 Å². The lowest BCUT2D eigenvalue weighted by atomic mass is 10.2. The molecule has 0 bridgehead atoms. The van der Waals surface area contributed by atoms with E-state index in [9.17, 15) is 13.2 Å². The molecular weight excluding hydrogens is 520 g/mol. The summed E-state index contributed by atoms with van der Waals surface area (Å²) in [5.41, 5.74) is 8.49. The molecule has 4 aromatic rings. The van der Waals surface area contributed by atoms with Crippen molar-refractivity contribution in [2.24, 2.45) is 5.10 Å². The number of hydrazone groups is 1. The Morgan fingerprint density at radius 2 is 1.50 bits per heavy atom. The van der Waals surface area contributed by atoms with Crippen LogP contribution in [0.25, 0.3) is 5.69 Å². The van der Waals surface area contributed by atoms with Crippen molar-refractivity contribution in [2.45, 2.75) is 32.6 Å². The zero-order valence-electron chi connectivity index (χ0n) is 21.6. The van der Waals surface area contributed by atoms with Gasteiger partial charge in [-0.05, 0) is 82.3 Å². The van der Waals surface area contributed by atoms with Crippen LogP contribution in [-0.2, 0) is 14.8 Å². The van der Waals surface area contributed by atoms with Crippen LogP contribution in [0.3, 0.4) is 0 Å². The van der Waals surface area contributed by atoms with Crippen LogP contribution in [0.4, 0.5) is 5.69 Å². The molecule has 0 saturated heterocycles. The maximum Gasteiger partial charge on any atom is 0.264 e. The molecule has 1 amide bonds. The second-order valence-electron chi connectivity index (χ2n) is 9.09. The highest BCUT2D eigenvalue weighted by Gasteiger charge is 2.27. The monoisotopic (exact) mass is 548 g/mol. The fourth-order valence-electron chi connectivity index (χ4n) is 4.11. The van der Waals surface area contributed by atoms with Gasteiger partial charge in [0.1, 0.15) is 6.54 Å². The number of nitrogens with zero attached hydrogens (tertiary/aromatic N) is 3. The summed E-state index contributed by atoms with van der Waals surface area (Å²) in [5.74, 6) is -0.566. The van der Waals surface area contributed by atoms with Crippen molar-refractivity contribution < 1.29 is 13.2 Å². The molecule has 0 aliphatic rings. The van der Waals surface area contributed by atoms with Gasteiger partial charge in [0.05, 0.1) is 16.8 Å². The van der Waals surface area contributed by atoms with Crippen molar-refractivity contribution in [3.05, 3.63) is 112 Å². The number of nitrogens with one attached hydrogen (secondary N) is 1. The largest absolute Gasteiger partial charge is 0.318 e. The Morgan fingerprint density at radius 1 is 0.921 bits per heavy atom. The first-order valence-corrected chi connectivity index (χ1v) is 13.8. The van der Waals surface area contributed by atoms with E-state index in [0.717, 1.165) is 38.1 Å². The number of amides is 1. The standard InChI is InChI=1S/C29H29ClN4O3S/c1-20-5-11-26(12-6-20)33(38(36,37)28-15-7-21(2)8-16-28)19-29(35)32-31-18-24-17-22(3)34(23(24)4)27-13-9-25(30)10-14-27/h5-18H,19H2,1-4H3,(H,32,35)/b31-18-. The molecule has 0 unspecified atom stereocenters. The van der Waals surface area contributed by atoms with Gasteiger partial charge in [0.15, 0.2) is 0 Å². The van der Waals surface area contributed by atoms with E-state index in [1.807, 2.05) is 58.0 Å². The van der Waals surface area contributed by atoms with Crippen molar-refractivity contribution in [1.29, 1.82) is 0 Å². The van der Waals surface area contributed by atoms with Gasteiger partial charge in [0, 0.05) is 27.7 Å². The molecule has 0 aliphatic carbocycles. The fourth-order valence-corrected chi connectivity index (χ4v) is 5.66. The third kappa shape index (κ3) is 5.98. The SMILES string of the molecule is Cc1ccc(N(CC(=O)N/N=C\c2cc(C)n(-c3ccc(Cl)cc3)c2C)S(=O)(=O)c2ccc(C)cc2)cc1. The summed E-state index contributed by atoms with van der Waals surface area (Å²) in [5, 5.41) is 4.77. The van der Waals surface area contributed by atoms with Gasteiger partial charge >= 0.3 is 0 Å². The molecule has 38 heavy (non-hydrogen) atoms. The minimum Gasteiger partial charge on any atom is -0.318 e. The van der Waals surface area contributed by atoms with E-state index in [1.165, 1.54) is 0 Å². The first-order chi connectivity index (χ1) is 18.1. The average molecular weight is 549 g/mol. The maximum atomic E-state index is 13.5. The van der Waals surface area contributed by atoms with Gasteiger partial charge in [0.25, 0.3) is 15.9 Å². The molecule has 4 rings (SSSR count). The highest BCUT2D eigenvalue weighted by Crippen LogP contribution is 2.25. The number of anilines is 1. The van der Waals surface area contributed by atoms with Gasteiger partial charge in [-0.2, -0.15) is 5.10 Å². The summed E-state index contributed by atoms with van der Waals surface area (Å²) >= 11 is 6.02. The Kier molecular flexibility index (Phi) is 8.04. The highest BCUT2D eigenvalue weighted by atomic mass is 35.5. The summed E-state index contributed by atoms with van der Waals surface area (Å²) in [6.07, 6.45) is 1.55. The predicted molar refractivity (Wildman–Crippen MR) is 153 cm³/mol. The Morgan fingerprint density at radius 3 is 2.11 bits per heavy atom. The molecule has 0 atom stereocenters. The van der Waals surface area contributed by atoms with Crippen LogP contribution in [0.1, 0.15) is 28.1 Å². The fraction of sp³-hybridized carbons (Fsp3) is 0.172. The lowest BCUT2D eigenvalue weighted by Crippen LogP contribution is -2.39. The van der Waals surface area contributed by atoms with Crippen molar-refractivity contribution in [2.75, 3.05) is 10.8 Å². The van der Waals surface area contributed by atoms with Crippen LogP contribution in [0, 0.1) is 27.7 Å². The van der Waals surface area contributed by atoms with E-state index in [0.29, 0.717) is 10.7 Å². The van der Waals surface area contributed by atoms with Crippen molar-refractivity contribution in [1.82, 2.24) is 9.99 Å². The van der Waals surface area contributed by atoms with Gasteiger partial charge in [0.2, 0.25) is 0 Å². The van der Waals surface area contributed by atoms with Crippen LogP contribution in [-0.4, -0.2) is 31.7 Å². The van der Waals surface area contributed by atoms with Gasteiger partial charge in [-0.3, -0.25) is 9.10 Å². The summed E-state index contributed by atoms with van der Waals surface area (Å²) in [7, 11) is -3.99. The molecule has 0 spiro atoms. The van der Waals surface area contributed by atoms with Gasteiger partial charge in [-0.1, -0.05) is 47.0 Å². The van der Waals surface area contributed by atoms with Crippen molar-refractivity contribution >= 4 is 39.4 Å². The first-order valence-electron chi connectivity index (χ1n) is 12.0. The second-order valence-corrected chi connectivity index (χ2v) is 11.4. The van der Waals surface area contributed by atoms with Crippen LogP contribution in [0.15, 0.2) is 88.9 Å². The lowest BCUT2D eigenvalue weighted by molar-refractivity contribution is -0.119. The molecule has 1 aromatic heterocycles. The Balaban J connectivity index is 1.54. The van der Waals surface area contributed by atoms with Crippen LogP contribution >= 0.6 is 11.6 Å².